The van der Waals surface area contributed by atoms with Gasteiger partial charge in [0.25, 0.3) is 0 Å². The monoisotopic (exact) mass is 202 g/mol. The molecule has 0 spiro atoms. The third-order valence-corrected chi connectivity index (χ3v) is 3.39. The first kappa shape index (κ1) is 9.77. The number of nitrogens with one attached hydrogen (secondary N) is 1. The number of aliphatic hydroxyl groups is 1. The van der Waals surface area contributed by atoms with Crippen LogP contribution in [0.3, 0.4) is 0 Å². The number of nitrogens with zero attached hydrogens (tertiary/aromatic N) is 1. The molecule has 0 radical (unpaired) electrons. The van der Waals surface area contributed by atoms with E-state index in [0.29, 0.717) is 11.3 Å². The van der Waals surface area contributed by atoms with Gasteiger partial charge >= 0.3 is 0 Å². The van der Waals surface area contributed by atoms with Crippen LogP contribution in [0.5, 0.6) is 0 Å². The second-order valence-corrected chi connectivity index (χ2v) is 4.85. The van der Waals surface area contributed by atoms with Crippen LogP contribution < -0.4 is 5.32 Å². The molecule has 3 rings (SSSR count). The lowest BCUT2D eigenvalue weighted by Gasteiger charge is -2.08. The Labute approximate surface area is 84.9 Å². The van der Waals surface area contributed by atoms with Gasteiger partial charge in [-0.05, 0) is 12.8 Å². The molecular formula is C9H18N2OS. The van der Waals surface area contributed by atoms with Gasteiger partial charge in [-0.2, -0.15) is 12.6 Å². The Bertz CT molecular complexity index is 167. The highest BCUT2D eigenvalue weighted by atomic mass is 32.1. The van der Waals surface area contributed by atoms with Crippen LogP contribution in [0.25, 0.3) is 0 Å². The Balaban J connectivity index is 0.000000110. The highest BCUT2D eigenvalue weighted by Gasteiger charge is 2.41. The molecule has 4 atom stereocenters. The lowest BCUT2D eigenvalue weighted by molar-refractivity contribution is 0.255. The van der Waals surface area contributed by atoms with Gasteiger partial charge in [-0.1, -0.05) is 0 Å². The molecular weight excluding hydrogens is 184 g/mol. The van der Waals surface area contributed by atoms with Gasteiger partial charge in [0.1, 0.15) is 0 Å². The minimum atomic E-state index is 0.247. The lowest BCUT2D eigenvalue weighted by Crippen LogP contribution is -2.24. The number of thiol groups is 1. The van der Waals surface area contributed by atoms with Crippen LogP contribution in [0, 0.1) is 0 Å². The summed E-state index contributed by atoms with van der Waals surface area (Å²) in [6.07, 6.45) is 2.49. The van der Waals surface area contributed by atoms with E-state index in [2.05, 4.69) is 22.8 Å². The van der Waals surface area contributed by atoms with Gasteiger partial charge in [0.2, 0.25) is 0 Å². The fourth-order valence-corrected chi connectivity index (χ4v) is 2.20. The van der Waals surface area contributed by atoms with E-state index in [1.54, 1.807) is 0 Å². The molecule has 3 saturated heterocycles. The molecule has 3 nitrogen and oxygen atoms in total. The normalized spacial score (nSPS) is 45.7. The van der Waals surface area contributed by atoms with Gasteiger partial charge in [0.05, 0.1) is 6.61 Å². The molecule has 13 heavy (non-hydrogen) atoms. The van der Waals surface area contributed by atoms with Crippen molar-refractivity contribution in [3.05, 3.63) is 0 Å². The van der Waals surface area contributed by atoms with E-state index in [1.165, 1.54) is 19.5 Å². The van der Waals surface area contributed by atoms with Crippen LogP contribution in [-0.4, -0.2) is 53.6 Å². The molecule has 76 valence electrons. The number of rotatable bonds is 1. The maximum atomic E-state index is 8.59. The lowest BCUT2D eigenvalue weighted by atomic mass is 10.2. The third-order valence-electron chi connectivity index (χ3n) is 3.00. The minimum absolute atomic E-state index is 0.247. The molecule has 0 aromatic heterocycles. The van der Waals surface area contributed by atoms with Crippen LogP contribution in [0.4, 0.5) is 0 Å². The molecule has 0 aliphatic carbocycles. The molecule has 0 saturated carbocycles. The fourth-order valence-electron chi connectivity index (χ4n) is 1.84. The van der Waals surface area contributed by atoms with E-state index in [1.807, 2.05) is 0 Å². The first-order valence-corrected chi connectivity index (χ1v) is 5.57. The number of hydrogen-bond donors (Lipinski definition) is 3. The van der Waals surface area contributed by atoms with Crippen LogP contribution in [-0.2, 0) is 0 Å². The first-order valence-electron chi connectivity index (χ1n) is 5.06. The molecule has 3 aliphatic heterocycles. The number of fused-ring (bicyclic) bond motifs is 1. The summed E-state index contributed by atoms with van der Waals surface area (Å²) in [4.78, 5) is 2.47. The summed E-state index contributed by atoms with van der Waals surface area (Å²) in [5.74, 6) is 0. The average molecular weight is 202 g/mol. The second-order valence-electron chi connectivity index (χ2n) is 4.11. The van der Waals surface area contributed by atoms with Gasteiger partial charge in [-0.3, -0.25) is 4.90 Å². The van der Waals surface area contributed by atoms with Crippen molar-refractivity contribution in [3.63, 3.8) is 0 Å². The Morgan fingerprint density at radius 2 is 2.31 bits per heavy atom. The quantitative estimate of drug-likeness (QED) is 0.404. The minimum Gasteiger partial charge on any atom is -0.395 e. The van der Waals surface area contributed by atoms with Gasteiger partial charge in [-0.25, -0.2) is 0 Å². The van der Waals surface area contributed by atoms with Crippen LogP contribution >= 0.6 is 12.6 Å². The van der Waals surface area contributed by atoms with Crippen molar-refractivity contribution in [1.82, 2.24) is 10.2 Å². The first-order chi connectivity index (χ1) is 6.29. The van der Waals surface area contributed by atoms with E-state index >= 15 is 0 Å². The molecule has 2 N–H and O–H groups in total. The Hall–Kier alpha value is 0.230. The molecule has 4 heteroatoms. The highest BCUT2D eigenvalue weighted by Crippen LogP contribution is 2.30. The zero-order valence-electron chi connectivity index (χ0n) is 7.82. The SMILES string of the molecule is C1C[N@]2C[C@@H]12.OC[C@@H]1C[C@H](S)CN1. The van der Waals surface area contributed by atoms with E-state index in [-0.39, 0.29) is 6.61 Å². The Morgan fingerprint density at radius 3 is 2.46 bits per heavy atom. The molecule has 0 aromatic carbocycles. The van der Waals surface area contributed by atoms with Gasteiger partial charge in [0, 0.05) is 37.0 Å². The number of aliphatic hydroxyl groups excluding tert-OH is 1. The summed E-state index contributed by atoms with van der Waals surface area (Å²) >= 11 is 4.23. The average Bonchev–Trinajstić information content (AvgIpc) is 2.52. The molecule has 0 aromatic rings. The molecule has 3 aliphatic rings. The molecule has 0 unspecified atom stereocenters. The smallest absolute Gasteiger partial charge is 0.0585 e. The van der Waals surface area contributed by atoms with Crippen molar-refractivity contribution >= 4 is 12.6 Å². The topological polar surface area (TPSA) is 35.3 Å². The van der Waals surface area contributed by atoms with E-state index in [4.69, 9.17) is 5.11 Å². The van der Waals surface area contributed by atoms with Gasteiger partial charge in [0.15, 0.2) is 0 Å². The summed E-state index contributed by atoms with van der Waals surface area (Å²) in [5, 5.41) is 12.2. The molecule has 3 fully saturated rings. The van der Waals surface area contributed by atoms with Crippen molar-refractivity contribution in [2.45, 2.75) is 30.2 Å². The molecule has 3 heterocycles. The maximum absolute atomic E-state index is 8.59. The van der Waals surface area contributed by atoms with Crippen molar-refractivity contribution in [1.29, 1.82) is 0 Å². The van der Waals surface area contributed by atoms with Crippen molar-refractivity contribution in [3.8, 4) is 0 Å². The summed E-state index contributed by atoms with van der Waals surface area (Å²) < 4.78 is 0. The predicted molar refractivity (Wildman–Crippen MR) is 56.2 cm³/mol. The standard InChI is InChI=1S/C5H11NOS.C4H7N/c7-3-4-1-5(8)2-6-4;1-2-5-3-4(1)5/h4-8H,1-3H2;4H,1-3H2/t2*4-,5-/m01/s1. The van der Waals surface area contributed by atoms with Crippen molar-refractivity contribution < 1.29 is 5.11 Å². The third kappa shape index (κ3) is 2.59. The molecule has 0 bridgehead atoms. The Kier molecular flexibility index (Phi) is 3.14. The van der Waals surface area contributed by atoms with Crippen molar-refractivity contribution in [2.75, 3.05) is 26.2 Å². The zero-order chi connectivity index (χ0) is 9.26. The predicted octanol–water partition coefficient (Wildman–Crippen LogP) is -0.287. The van der Waals surface area contributed by atoms with Crippen LogP contribution in [0.15, 0.2) is 0 Å². The summed E-state index contributed by atoms with van der Waals surface area (Å²) in [6, 6.07) is 1.37. The Morgan fingerprint density at radius 1 is 1.54 bits per heavy atom. The van der Waals surface area contributed by atoms with E-state index in [0.717, 1.165) is 19.0 Å². The zero-order valence-corrected chi connectivity index (χ0v) is 8.71. The van der Waals surface area contributed by atoms with E-state index in [9.17, 15) is 0 Å². The number of hydrogen-bond acceptors (Lipinski definition) is 4. The van der Waals surface area contributed by atoms with Gasteiger partial charge < -0.3 is 10.4 Å². The van der Waals surface area contributed by atoms with Crippen LogP contribution in [0.1, 0.15) is 12.8 Å². The largest absolute Gasteiger partial charge is 0.395 e. The van der Waals surface area contributed by atoms with Crippen LogP contribution in [0.2, 0.25) is 0 Å². The van der Waals surface area contributed by atoms with Crippen molar-refractivity contribution in [2.24, 2.45) is 0 Å². The summed E-state index contributed by atoms with van der Waals surface area (Å²) in [5.41, 5.74) is 0. The van der Waals surface area contributed by atoms with E-state index < -0.39 is 0 Å². The van der Waals surface area contributed by atoms with Gasteiger partial charge in [-0.15, -0.1) is 0 Å². The fraction of sp³-hybridized carbons (Fsp3) is 1.00. The second kappa shape index (κ2) is 4.17. The molecule has 0 amide bonds. The maximum Gasteiger partial charge on any atom is 0.0585 e. The highest BCUT2D eigenvalue weighted by molar-refractivity contribution is 7.81. The summed E-state index contributed by atoms with van der Waals surface area (Å²) in [6.45, 7) is 4.00. The summed E-state index contributed by atoms with van der Waals surface area (Å²) in [7, 11) is 0.